The highest BCUT2D eigenvalue weighted by Crippen LogP contribution is 2.26. The molecule has 2 aliphatic heterocycles. The molecule has 8 nitrogen and oxygen atoms in total. The van der Waals surface area contributed by atoms with Crippen molar-refractivity contribution in [3.8, 4) is 0 Å². The van der Waals surface area contributed by atoms with Crippen LogP contribution < -0.4 is 5.48 Å². The van der Waals surface area contributed by atoms with Crippen molar-refractivity contribution in [3.63, 3.8) is 0 Å². The van der Waals surface area contributed by atoms with Crippen molar-refractivity contribution < 1.29 is 19.1 Å². The lowest BCUT2D eigenvalue weighted by molar-refractivity contribution is -0.120. The van der Waals surface area contributed by atoms with Crippen LogP contribution in [0.1, 0.15) is 12.8 Å². The molecule has 3 amide bonds. The van der Waals surface area contributed by atoms with Gasteiger partial charge in [0.1, 0.15) is 0 Å². The zero-order chi connectivity index (χ0) is 15.0. The molecule has 2 atom stereocenters. The van der Waals surface area contributed by atoms with Crippen molar-refractivity contribution in [1.82, 2.24) is 20.3 Å². The zero-order valence-electron chi connectivity index (χ0n) is 11.9. The normalized spacial score (nSPS) is 20.8. The van der Waals surface area contributed by atoms with Crippen LogP contribution in [-0.4, -0.2) is 73.7 Å². The number of hydrogen-bond acceptors (Lipinski definition) is 5. The van der Waals surface area contributed by atoms with Crippen LogP contribution in [0.2, 0.25) is 0 Å². The summed E-state index contributed by atoms with van der Waals surface area (Å²) in [6.45, 7) is 3.06. The monoisotopic (exact) mass is 306 g/mol. The van der Waals surface area contributed by atoms with Gasteiger partial charge < -0.3 is 9.80 Å². The van der Waals surface area contributed by atoms with E-state index in [0.29, 0.717) is 13.0 Å². The molecule has 1 N–H and O–H groups in total. The van der Waals surface area contributed by atoms with Gasteiger partial charge in [-0.2, -0.15) is 5.06 Å². The molecule has 116 valence electrons. The Labute approximate surface area is 121 Å². The summed E-state index contributed by atoms with van der Waals surface area (Å²) >= 11 is 0. The highest BCUT2D eigenvalue weighted by atomic mass is 31.0. The highest BCUT2D eigenvalue weighted by Gasteiger charge is 2.40. The summed E-state index contributed by atoms with van der Waals surface area (Å²) in [6, 6.07) is 0.302. The molecule has 20 heavy (non-hydrogen) atoms. The average Bonchev–Trinajstić information content (AvgIpc) is 2.65. The molecule has 2 bridgehead atoms. The van der Waals surface area contributed by atoms with E-state index in [-0.39, 0.29) is 12.1 Å². The van der Waals surface area contributed by atoms with Gasteiger partial charge in [0.25, 0.3) is 0 Å². The van der Waals surface area contributed by atoms with E-state index in [1.54, 1.807) is 0 Å². The number of nitrogens with one attached hydrogen (secondary N) is 1. The largest absolute Gasteiger partial charge is 0.344 e. The number of fused-ring (bicyclic) bond motifs is 2. The summed E-state index contributed by atoms with van der Waals surface area (Å²) < 4.78 is 4.90. The van der Waals surface area contributed by atoms with Crippen LogP contribution in [0.25, 0.3) is 0 Å². The number of urea groups is 1. The fraction of sp³-hybridized carbons (Fsp3) is 0.818. The first-order valence-corrected chi connectivity index (χ1v) is 6.98. The minimum absolute atomic E-state index is 0.0162. The lowest BCUT2D eigenvalue weighted by atomic mass is 10.1. The number of piperidine rings is 1. The molecule has 0 saturated carbocycles. The molecule has 0 spiro atoms. The summed E-state index contributed by atoms with van der Waals surface area (Å²) in [5.74, 6) is 0. The van der Waals surface area contributed by atoms with E-state index >= 15 is 0 Å². The van der Waals surface area contributed by atoms with Crippen LogP contribution in [0.5, 0.6) is 0 Å². The second-order valence-corrected chi connectivity index (χ2v) is 5.05. The first kappa shape index (κ1) is 17.1. The molecule has 2 unspecified atom stereocenters. The summed E-state index contributed by atoms with van der Waals surface area (Å²) in [7, 11) is 5.99. The van der Waals surface area contributed by atoms with Crippen LogP contribution in [0.4, 0.5) is 4.79 Å². The van der Waals surface area contributed by atoms with Crippen molar-refractivity contribution in [2.45, 2.75) is 18.9 Å². The molecule has 0 aromatic carbocycles. The summed E-state index contributed by atoms with van der Waals surface area (Å²) in [5.41, 5.74) is 2.10. The molecule has 0 aromatic heterocycles. The molecule has 2 rings (SSSR count). The molecular weight excluding hydrogens is 283 g/mol. The van der Waals surface area contributed by atoms with Crippen molar-refractivity contribution >= 4 is 21.9 Å². The maximum absolute atomic E-state index is 11.3. The van der Waals surface area contributed by atoms with E-state index in [2.05, 4.69) is 19.8 Å². The maximum Gasteiger partial charge on any atom is 0.344 e. The van der Waals surface area contributed by atoms with Gasteiger partial charge in [0, 0.05) is 29.1 Å². The summed E-state index contributed by atoms with van der Waals surface area (Å²) in [5, 5.41) is 1.46. The molecule has 0 radical (unpaired) electrons. The molecule has 2 saturated heterocycles. The third-order valence-electron chi connectivity index (χ3n) is 3.07. The van der Waals surface area contributed by atoms with E-state index in [9.17, 15) is 9.59 Å². The third kappa shape index (κ3) is 5.20. The number of rotatable bonds is 6. The quantitative estimate of drug-likeness (QED) is 0.319. The molecule has 9 heteroatoms. The summed E-state index contributed by atoms with van der Waals surface area (Å²) in [4.78, 5) is 29.4. The van der Waals surface area contributed by atoms with Crippen molar-refractivity contribution in [2.24, 2.45) is 0 Å². The predicted molar refractivity (Wildman–Crippen MR) is 76.3 cm³/mol. The Kier molecular flexibility index (Phi) is 7.76. The van der Waals surface area contributed by atoms with Gasteiger partial charge in [0.05, 0.1) is 12.6 Å². The van der Waals surface area contributed by atoms with Gasteiger partial charge in [-0.15, -0.1) is 0 Å². The van der Waals surface area contributed by atoms with Gasteiger partial charge in [0.15, 0.2) is 0 Å². The number of carbonyl (C=O) groups excluding carboxylic acids is 2. The number of hydrogen-bond donors (Lipinski definition) is 1. The first-order valence-electron chi connectivity index (χ1n) is 6.50. The van der Waals surface area contributed by atoms with Crippen molar-refractivity contribution in [2.75, 3.05) is 40.3 Å². The van der Waals surface area contributed by atoms with Crippen molar-refractivity contribution in [1.29, 1.82) is 0 Å². The number of likely N-dealkylation sites (N-methyl/N-ethyl adjacent to an activating group) is 1. The van der Waals surface area contributed by atoms with Crippen LogP contribution >= 0.6 is 9.47 Å². The maximum atomic E-state index is 11.3. The van der Waals surface area contributed by atoms with Gasteiger partial charge in [-0.25, -0.2) is 10.3 Å². The average molecular weight is 306 g/mol. The molecule has 2 heterocycles. The summed E-state index contributed by atoms with van der Waals surface area (Å²) in [6.07, 6.45) is 2.67. The van der Waals surface area contributed by atoms with Gasteiger partial charge in [-0.1, -0.05) is 0 Å². The standard InChI is InChI=1S/C6H11N2O2P.C5H12N2O2/c9-6-7-3-1-2-5(4-7)8(6)10-11;1-7(2)3-4-9-6-5-8/h5H,1-4,11H2;5H,3-4H2,1-2H3,(H,6,8). The first-order chi connectivity index (χ1) is 9.60. The Hall–Kier alpha value is -0.950. The van der Waals surface area contributed by atoms with Gasteiger partial charge >= 0.3 is 6.03 Å². The Morgan fingerprint density at radius 1 is 1.55 bits per heavy atom. The van der Waals surface area contributed by atoms with E-state index in [4.69, 9.17) is 4.62 Å². The van der Waals surface area contributed by atoms with Crippen LogP contribution in [-0.2, 0) is 14.3 Å². The molecule has 2 fully saturated rings. The van der Waals surface area contributed by atoms with Crippen LogP contribution in [0, 0.1) is 0 Å². The van der Waals surface area contributed by atoms with Crippen LogP contribution in [0.3, 0.4) is 0 Å². The van der Waals surface area contributed by atoms with Crippen LogP contribution in [0.15, 0.2) is 0 Å². The Balaban J connectivity index is 0.000000206. The third-order valence-corrected chi connectivity index (χ3v) is 3.30. The lowest BCUT2D eigenvalue weighted by Gasteiger charge is -2.20. The number of hydroxylamine groups is 3. The van der Waals surface area contributed by atoms with Gasteiger partial charge in [-0.3, -0.25) is 14.3 Å². The number of amides is 3. The predicted octanol–water partition coefficient (Wildman–Crippen LogP) is -0.166. The smallest absolute Gasteiger partial charge is 0.321 e. The Bertz CT molecular complexity index is 319. The molecule has 0 aromatic rings. The molecule has 0 aliphatic carbocycles. The number of carbonyl (C=O) groups is 2. The molecular formula is C11H23N4O4P. The zero-order valence-corrected chi connectivity index (χ0v) is 13.1. The minimum atomic E-state index is 0.0162. The SMILES string of the molecule is CN(C)CCONC=O.O=C1N2CCCC(C2)N1OP. The fourth-order valence-electron chi connectivity index (χ4n) is 2.07. The minimum Gasteiger partial charge on any atom is -0.321 e. The lowest BCUT2D eigenvalue weighted by Crippen LogP contribution is -2.30. The van der Waals surface area contributed by atoms with Gasteiger partial charge in [0.2, 0.25) is 6.41 Å². The topological polar surface area (TPSA) is 74.4 Å². The second kappa shape index (κ2) is 9.07. The Morgan fingerprint density at radius 3 is 2.85 bits per heavy atom. The van der Waals surface area contributed by atoms with E-state index < -0.39 is 0 Å². The fourth-order valence-corrected chi connectivity index (χ4v) is 2.33. The Morgan fingerprint density at radius 2 is 2.30 bits per heavy atom. The van der Waals surface area contributed by atoms with E-state index in [1.807, 2.05) is 23.9 Å². The van der Waals surface area contributed by atoms with E-state index in [1.165, 1.54) is 5.06 Å². The highest BCUT2D eigenvalue weighted by molar-refractivity contribution is 7.09. The number of nitrogens with zero attached hydrogens (tertiary/aromatic N) is 3. The molecule has 2 aliphatic rings. The van der Waals surface area contributed by atoms with E-state index in [0.717, 1.165) is 32.5 Å². The second-order valence-electron chi connectivity index (χ2n) is 4.84. The van der Waals surface area contributed by atoms with Crippen molar-refractivity contribution in [3.05, 3.63) is 0 Å². The van der Waals surface area contributed by atoms with Gasteiger partial charge in [-0.05, 0) is 26.9 Å².